The van der Waals surface area contributed by atoms with E-state index in [4.69, 9.17) is 0 Å². The smallest absolute Gasteiger partial charge is 0.165 e. The number of fused-ring (bicyclic) bond motifs is 1. The van der Waals surface area contributed by atoms with Gasteiger partial charge in [0.15, 0.2) is 5.78 Å². The summed E-state index contributed by atoms with van der Waals surface area (Å²) in [4.78, 5) is 11.5. The number of carbonyl (C=O) groups is 1. The Kier molecular flexibility index (Phi) is 3.32. The summed E-state index contributed by atoms with van der Waals surface area (Å²) in [6.07, 6.45) is 1.61. The van der Waals surface area contributed by atoms with E-state index in [9.17, 15) is 4.79 Å². The van der Waals surface area contributed by atoms with Crippen LogP contribution >= 0.6 is 12.4 Å². The van der Waals surface area contributed by atoms with E-state index in [1.54, 1.807) is 0 Å². The first-order chi connectivity index (χ1) is 5.88. The predicted octanol–water partition coefficient (Wildman–Crippen LogP) is 2.50. The van der Waals surface area contributed by atoms with Crippen LogP contribution in [-0.2, 0) is 0 Å². The second kappa shape index (κ2) is 4.28. The molecule has 0 amide bonds. The molecule has 1 aliphatic heterocycles. The average Bonchev–Trinajstić information content (AvgIpc) is 2.29. The molecule has 13 heavy (non-hydrogen) atoms. The Morgan fingerprint density at radius 2 is 2.00 bits per heavy atom. The van der Waals surface area contributed by atoms with Crippen LogP contribution in [0.2, 0.25) is 0 Å². The third kappa shape index (κ3) is 2.01. The van der Waals surface area contributed by atoms with Gasteiger partial charge in [0.05, 0.1) is 0 Å². The van der Waals surface area contributed by atoms with Crippen molar-refractivity contribution in [3.8, 4) is 0 Å². The molecule has 1 aromatic carbocycles. The van der Waals surface area contributed by atoms with Gasteiger partial charge in [0.1, 0.15) is 0 Å². The fourth-order valence-electron chi connectivity index (χ4n) is 1.49. The molecule has 0 radical (unpaired) electrons. The van der Waals surface area contributed by atoms with Gasteiger partial charge >= 0.3 is 0 Å². The summed E-state index contributed by atoms with van der Waals surface area (Å²) in [5.74, 6) is 0.260. The molecule has 2 rings (SSSR count). The molecule has 0 spiro atoms. The van der Waals surface area contributed by atoms with Gasteiger partial charge in [-0.15, -0.1) is 12.4 Å². The molecule has 0 bridgehead atoms. The summed E-state index contributed by atoms with van der Waals surface area (Å²) >= 11 is 0. The maximum atomic E-state index is 11.5. The van der Waals surface area contributed by atoms with Crippen LogP contribution in [0.4, 0.5) is 5.69 Å². The molecule has 70 valence electrons. The lowest BCUT2D eigenvalue weighted by Gasteiger charge is -2.04. The highest BCUT2D eigenvalue weighted by atomic mass is 35.5. The van der Waals surface area contributed by atoms with Gasteiger partial charge in [-0.25, -0.2) is 0 Å². The summed E-state index contributed by atoms with van der Waals surface area (Å²) in [7, 11) is 0. The molecule has 0 aliphatic carbocycles. The summed E-state index contributed by atoms with van der Waals surface area (Å²) in [6, 6.07) is 7.70. The van der Waals surface area contributed by atoms with Crippen LogP contribution in [0, 0.1) is 0 Å². The Hall–Kier alpha value is -1.02. The molecule has 3 heteroatoms. The number of Topliss-reactive ketones (excluding diaryl/α,β-unsaturated/α-hetero) is 1. The minimum atomic E-state index is 0. The van der Waals surface area contributed by atoms with Gasteiger partial charge in [0.2, 0.25) is 0 Å². The van der Waals surface area contributed by atoms with Crippen LogP contribution in [0.5, 0.6) is 0 Å². The maximum Gasteiger partial charge on any atom is 0.165 e. The lowest BCUT2D eigenvalue weighted by Crippen LogP contribution is -1.99. The van der Waals surface area contributed by atoms with E-state index in [1.165, 1.54) is 0 Å². The van der Waals surface area contributed by atoms with Crippen molar-refractivity contribution in [3.63, 3.8) is 0 Å². The van der Waals surface area contributed by atoms with Crippen LogP contribution in [0.25, 0.3) is 0 Å². The molecule has 0 unspecified atom stereocenters. The largest absolute Gasteiger partial charge is 0.384 e. The highest BCUT2D eigenvalue weighted by Crippen LogP contribution is 2.20. The first kappa shape index (κ1) is 10.1. The third-order valence-electron chi connectivity index (χ3n) is 2.12. The van der Waals surface area contributed by atoms with E-state index in [0.717, 1.165) is 24.2 Å². The second-order valence-electron chi connectivity index (χ2n) is 3.00. The van der Waals surface area contributed by atoms with Crippen molar-refractivity contribution in [2.24, 2.45) is 0 Å². The van der Waals surface area contributed by atoms with Crippen molar-refractivity contribution in [2.45, 2.75) is 12.8 Å². The quantitative estimate of drug-likeness (QED) is 0.693. The van der Waals surface area contributed by atoms with Crippen molar-refractivity contribution >= 4 is 23.9 Å². The molecule has 0 saturated heterocycles. The van der Waals surface area contributed by atoms with Crippen LogP contribution in [0.3, 0.4) is 0 Å². The van der Waals surface area contributed by atoms with E-state index in [2.05, 4.69) is 5.32 Å². The number of hydrogen-bond acceptors (Lipinski definition) is 2. The van der Waals surface area contributed by atoms with Crippen LogP contribution in [-0.4, -0.2) is 12.3 Å². The normalized spacial score (nSPS) is 14.9. The first-order valence-corrected chi connectivity index (χ1v) is 4.24. The van der Waals surface area contributed by atoms with Crippen molar-refractivity contribution in [1.29, 1.82) is 0 Å². The molecular formula is C10H12ClNO. The SMILES string of the molecule is Cl.O=C1CCCNc2ccccc21. The van der Waals surface area contributed by atoms with Crippen molar-refractivity contribution < 1.29 is 4.79 Å². The fraction of sp³-hybridized carbons (Fsp3) is 0.300. The number of nitrogens with one attached hydrogen (secondary N) is 1. The summed E-state index contributed by atoms with van der Waals surface area (Å²) in [6.45, 7) is 0.906. The van der Waals surface area contributed by atoms with Gasteiger partial charge in [-0.2, -0.15) is 0 Å². The van der Waals surface area contributed by atoms with Gasteiger partial charge in [0.25, 0.3) is 0 Å². The highest BCUT2D eigenvalue weighted by Gasteiger charge is 2.13. The zero-order valence-electron chi connectivity index (χ0n) is 7.25. The molecule has 0 fully saturated rings. The molecular weight excluding hydrogens is 186 g/mol. The number of ketones is 1. The standard InChI is InChI=1S/C10H11NO.ClH/c12-10-6-3-7-11-9-5-2-1-4-8(9)10;/h1-2,4-5,11H,3,6-7H2;1H. The molecule has 2 nitrogen and oxygen atoms in total. The summed E-state index contributed by atoms with van der Waals surface area (Å²) in [5, 5.41) is 3.23. The monoisotopic (exact) mass is 197 g/mol. The third-order valence-corrected chi connectivity index (χ3v) is 2.12. The summed E-state index contributed by atoms with van der Waals surface area (Å²) < 4.78 is 0. The molecule has 0 atom stereocenters. The molecule has 1 N–H and O–H groups in total. The average molecular weight is 198 g/mol. The van der Waals surface area contributed by atoms with Gasteiger partial charge in [0, 0.05) is 24.2 Å². The van der Waals surface area contributed by atoms with Crippen LogP contribution in [0.15, 0.2) is 24.3 Å². The number of halogens is 1. The van der Waals surface area contributed by atoms with E-state index in [1.807, 2.05) is 24.3 Å². The molecule has 1 aromatic rings. The second-order valence-corrected chi connectivity index (χ2v) is 3.00. The topological polar surface area (TPSA) is 29.1 Å². The Morgan fingerprint density at radius 3 is 2.85 bits per heavy atom. The number of anilines is 1. The van der Waals surface area contributed by atoms with Crippen LogP contribution < -0.4 is 5.32 Å². The Bertz CT molecular complexity index is 312. The Morgan fingerprint density at radius 1 is 1.23 bits per heavy atom. The first-order valence-electron chi connectivity index (χ1n) is 4.24. The molecule has 0 saturated carbocycles. The Balaban J connectivity index is 0.000000845. The van der Waals surface area contributed by atoms with Gasteiger partial charge in [-0.1, -0.05) is 12.1 Å². The Labute approximate surface area is 83.7 Å². The zero-order valence-corrected chi connectivity index (χ0v) is 8.06. The van der Waals surface area contributed by atoms with Crippen LogP contribution in [0.1, 0.15) is 23.2 Å². The lowest BCUT2D eigenvalue weighted by molar-refractivity contribution is 0.0984. The fourth-order valence-corrected chi connectivity index (χ4v) is 1.49. The number of rotatable bonds is 0. The van der Waals surface area contributed by atoms with Gasteiger partial charge < -0.3 is 5.32 Å². The maximum absolute atomic E-state index is 11.5. The zero-order chi connectivity index (χ0) is 8.39. The number of benzene rings is 1. The summed E-state index contributed by atoms with van der Waals surface area (Å²) in [5.41, 5.74) is 1.83. The molecule has 1 aliphatic rings. The van der Waals surface area contributed by atoms with E-state index >= 15 is 0 Å². The predicted molar refractivity (Wildman–Crippen MR) is 55.7 cm³/mol. The van der Waals surface area contributed by atoms with Crippen molar-refractivity contribution in [2.75, 3.05) is 11.9 Å². The highest BCUT2D eigenvalue weighted by molar-refractivity contribution is 6.01. The van der Waals surface area contributed by atoms with E-state index in [0.29, 0.717) is 6.42 Å². The van der Waals surface area contributed by atoms with Crippen molar-refractivity contribution in [3.05, 3.63) is 29.8 Å². The number of carbonyl (C=O) groups excluding carboxylic acids is 1. The number of hydrogen-bond donors (Lipinski definition) is 1. The lowest BCUT2D eigenvalue weighted by atomic mass is 10.1. The van der Waals surface area contributed by atoms with E-state index < -0.39 is 0 Å². The number of para-hydroxylation sites is 1. The van der Waals surface area contributed by atoms with Gasteiger partial charge in [-0.3, -0.25) is 4.79 Å². The van der Waals surface area contributed by atoms with Crippen molar-refractivity contribution in [1.82, 2.24) is 0 Å². The van der Waals surface area contributed by atoms with E-state index in [-0.39, 0.29) is 18.2 Å². The van der Waals surface area contributed by atoms with Gasteiger partial charge in [-0.05, 0) is 18.6 Å². The molecule has 1 heterocycles. The minimum Gasteiger partial charge on any atom is -0.384 e. The minimum absolute atomic E-state index is 0. The molecule has 0 aromatic heterocycles.